The molecule has 1 heterocycles. The van der Waals surface area contributed by atoms with Gasteiger partial charge in [-0.25, -0.2) is 4.79 Å². The third-order valence-corrected chi connectivity index (χ3v) is 2.25. The van der Waals surface area contributed by atoms with Gasteiger partial charge in [0.15, 0.2) is 0 Å². The van der Waals surface area contributed by atoms with Gasteiger partial charge in [0.1, 0.15) is 0 Å². The minimum Gasteiger partial charge on any atom is -0.465 e. The van der Waals surface area contributed by atoms with Crippen LogP contribution < -0.4 is 5.32 Å². The summed E-state index contributed by atoms with van der Waals surface area (Å²) in [5, 5.41) is 12.0. The van der Waals surface area contributed by atoms with E-state index in [1.807, 2.05) is 6.92 Å². The van der Waals surface area contributed by atoms with Crippen LogP contribution in [0.1, 0.15) is 26.2 Å². The molecule has 0 spiro atoms. The second-order valence-corrected chi connectivity index (χ2v) is 3.03. The van der Waals surface area contributed by atoms with Crippen LogP contribution in [0, 0.1) is 0 Å². The highest BCUT2D eigenvalue weighted by molar-refractivity contribution is 5.65. The number of carbonyl (C=O) groups is 1. The van der Waals surface area contributed by atoms with Crippen LogP contribution in [0.4, 0.5) is 4.79 Å². The maximum Gasteiger partial charge on any atom is 0.408 e. The predicted molar refractivity (Wildman–Crippen MR) is 46.0 cm³/mol. The molecule has 1 saturated heterocycles. The Hall–Kier alpha value is -0.770. The van der Waals surface area contributed by atoms with E-state index in [4.69, 9.17) is 5.11 Å². The Kier molecular flexibility index (Phi) is 3.34. The SMILES string of the molecule is CCN(C(=O)O)C1CCCCN1. The molecule has 1 unspecified atom stereocenters. The zero-order valence-electron chi connectivity index (χ0n) is 7.42. The van der Waals surface area contributed by atoms with Crippen molar-refractivity contribution < 1.29 is 9.90 Å². The van der Waals surface area contributed by atoms with Crippen LogP contribution in [-0.4, -0.2) is 35.4 Å². The number of rotatable bonds is 2. The molecule has 0 bridgehead atoms. The Labute approximate surface area is 72.6 Å². The summed E-state index contributed by atoms with van der Waals surface area (Å²) in [6.45, 7) is 3.37. The van der Waals surface area contributed by atoms with Crippen LogP contribution in [0.25, 0.3) is 0 Å². The van der Waals surface area contributed by atoms with E-state index < -0.39 is 6.09 Å². The maximum absolute atomic E-state index is 10.7. The molecule has 12 heavy (non-hydrogen) atoms. The van der Waals surface area contributed by atoms with Gasteiger partial charge >= 0.3 is 6.09 Å². The third-order valence-electron chi connectivity index (χ3n) is 2.25. The second-order valence-electron chi connectivity index (χ2n) is 3.03. The van der Waals surface area contributed by atoms with Crippen molar-refractivity contribution in [3.8, 4) is 0 Å². The molecule has 1 atom stereocenters. The van der Waals surface area contributed by atoms with Crippen LogP contribution in [0.3, 0.4) is 0 Å². The van der Waals surface area contributed by atoms with E-state index in [-0.39, 0.29) is 6.17 Å². The first-order chi connectivity index (χ1) is 5.75. The van der Waals surface area contributed by atoms with Crippen molar-refractivity contribution in [1.29, 1.82) is 0 Å². The lowest BCUT2D eigenvalue weighted by Gasteiger charge is -2.32. The Bertz CT molecular complexity index is 155. The first kappa shape index (κ1) is 9.32. The zero-order chi connectivity index (χ0) is 8.97. The van der Waals surface area contributed by atoms with Crippen molar-refractivity contribution in [1.82, 2.24) is 10.2 Å². The molecule has 70 valence electrons. The highest BCUT2D eigenvalue weighted by Gasteiger charge is 2.22. The van der Waals surface area contributed by atoms with Crippen molar-refractivity contribution in [3.05, 3.63) is 0 Å². The van der Waals surface area contributed by atoms with Crippen molar-refractivity contribution in [3.63, 3.8) is 0 Å². The van der Waals surface area contributed by atoms with E-state index in [1.165, 1.54) is 4.90 Å². The molecule has 0 aromatic heterocycles. The Morgan fingerprint density at radius 2 is 2.42 bits per heavy atom. The molecule has 4 nitrogen and oxygen atoms in total. The van der Waals surface area contributed by atoms with Crippen LogP contribution in [0.2, 0.25) is 0 Å². The van der Waals surface area contributed by atoms with Gasteiger partial charge in [0.2, 0.25) is 0 Å². The summed E-state index contributed by atoms with van der Waals surface area (Å²) >= 11 is 0. The van der Waals surface area contributed by atoms with Crippen LogP contribution in [-0.2, 0) is 0 Å². The Morgan fingerprint density at radius 3 is 2.83 bits per heavy atom. The summed E-state index contributed by atoms with van der Waals surface area (Å²) in [5.74, 6) is 0. The summed E-state index contributed by atoms with van der Waals surface area (Å²) in [6.07, 6.45) is 2.45. The van der Waals surface area contributed by atoms with E-state index in [2.05, 4.69) is 5.32 Å². The summed E-state index contributed by atoms with van der Waals surface area (Å²) in [7, 11) is 0. The first-order valence-electron chi connectivity index (χ1n) is 4.48. The van der Waals surface area contributed by atoms with E-state index in [1.54, 1.807) is 0 Å². The van der Waals surface area contributed by atoms with Gasteiger partial charge in [-0.3, -0.25) is 10.2 Å². The van der Waals surface area contributed by atoms with E-state index in [9.17, 15) is 4.79 Å². The lowest BCUT2D eigenvalue weighted by Crippen LogP contribution is -2.50. The fraction of sp³-hybridized carbons (Fsp3) is 0.875. The van der Waals surface area contributed by atoms with Crippen LogP contribution in [0.5, 0.6) is 0 Å². The van der Waals surface area contributed by atoms with Gasteiger partial charge in [-0.15, -0.1) is 0 Å². The summed E-state index contributed by atoms with van der Waals surface area (Å²) in [6, 6.07) is 0. The van der Waals surface area contributed by atoms with Gasteiger partial charge in [0, 0.05) is 6.54 Å². The molecule has 0 radical (unpaired) electrons. The lowest BCUT2D eigenvalue weighted by molar-refractivity contribution is 0.106. The quantitative estimate of drug-likeness (QED) is 0.655. The average Bonchev–Trinajstić information content (AvgIpc) is 2.07. The molecule has 4 heteroatoms. The predicted octanol–water partition coefficient (Wildman–Crippen LogP) is 1.09. The smallest absolute Gasteiger partial charge is 0.408 e. The van der Waals surface area contributed by atoms with Crippen molar-refractivity contribution in [2.24, 2.45) is 0 Å². The lowest BCUT2D eigenvalue weighted by atomic mass is 10.1. The molecule has 0 aromatic rings. The third kappa shape index (κ3) is 2.11. The van der Waals surface area contributed by atoms with Gasteiger partial charge in [0.25, 0.3) is 0 Å². The van der Waals surface area contributed by atoms with E-state index in [0.29, 0.717) is 6.54 Å². The monoisotopic (exact) mass is 172 g/mol. The Morgan fingerprint density at radius 1 is 1.67 bits per heavy atom. The number of piperidine rings is 1. The maximum atomic E-state index is 10.7. The molecular formula is C8H16N2O2. The van der Waals surface area contributed by atoms with Gasteiger partial charge in [-0.1, -0.05) is 0 Å². The molecule has 1 fully saturated rings. The molecule has 1 aliphatic rings. The molecule has 2 N–H and O–H groups in total. The van der Waals surface area contributed by atoms with Crippen LogP contribution in [0.15, 0.2) is 0 Å². The molecular weight excluding hydrogens is 156 g/mol. The summed E-state index contributed by atoms with van der Waals surface area (Å²) in [4.78, 5) is 12.2. The van der Waals surface area contributed by atoms with Crippen molar-refractivity contribution >= 4 is 6.09 Å². The standard InChI is InChI=1S/C8H16N2O2/c1-2-10(8(11)12)7-5-3-4-6-9-7/h7,9H,2-6H2,1H3,(H,11,12). The summed E-state index contributed by atoms with van der Waals surface area (Å²) in [5.41, 5.74) is 0. The van der Waals surface area contributed by atoms with Gasteiger partial charge in [-0.05, 0) is 32.7 Å². The first-order valence-corrected chi connectivity index (χ1v) is 4.48. The molecule has 0 aromatic carbocycles. The minimum absolute atomic E-state index is 0.0428. The fourth-order valence-electron chi connectivity index (χ4n) is 1.59. The number of carboxylic acid groups (broad SMARTS) is 1. The highest BCUT2D eigenvalue weighted by atomic mass is 16.4. The second kappa shape index (κ2) is 4.30. The number of amides is 1. The highest BCUT2D eigenvalue weighted by Crippen LogP contribution is 2.10. The van der Waals surface area contributed by atoms with Crippen LogP contribution >= 0.6 is 0 Å². The van der Waals surface area contributed by atoms with E-state index >= 15 is 0 Å². The number of nitrogens with one attached hydrogen (secondary N) is 1. The topological polar surface area (TPSA) is 52.6 Å². The normalized spacial score (nSPS) is 23.6. The molecule has 0 aliphatic carbocycles. The zero-order valence-corrected chi connectivity index (χ0v) is 7.42. The average molecular weight is 172 g/mol. The van der Waals surface area contributed by atoms with Gasteiger partial charge < -0.3 is 5.11 Å². The molecule has 1 aliphatic heterocycles. The number of hydrogen-bond donors (Lipinski definition) is 2. The minimum atomic E-state index is -0.822. The van der Waals surface area contributed by atoms with Gasteiger partial charge in [0.05, 0.1) is 6.17 Å². The fourth-order valence-corrected chi connectivity index (χ4v) is 1.59. The van der Waals surface area contributed by atoms with Crippen molar-refractivity contribution in [2.45, 2.75) is 32.4 Å². The number of hydrogen-bond acceptors (Lipinski definition) is 2. The number of nitrogens with zero attached hydrogens (tertiary/aromatic N) is 1. The largest absolute Gasteiger partial charge is 0.465 e. The molecule has 1 amide bonds. The Balaban J connectivity index is 2.46. The summed E-state index contributed by atoms with van der Waals surface area (Å²) < 4.78 is 0. The molecule has 1 rings (SSSR count). The van der Waals surface area contributed by atoms with Gasteiger partial charge in [-0.2, -0.15) is 0 Å². The van der Waals surface area contributed by atoms with Crippen molar-refractivity contribution in [2.75, 3.05) is 13.1 Å². The molecule has 0 saturated carbocycles. The van der Waals surface area contributed by atoms with E-state index in [0.717, 1.165) is 25.8 Å².